The zero-order valence-corrected chi connectivity index (χ0v) is 19.0. The highest BCUT2D eigenvalue weighted by atomic mass is 32.2. The van der Waals surface area contributed by atoms with E-state index in [0.29, 0.717) is 23.7 Å². The van der Waals surface area contributed by atoms with Crippen molar-refractivity contribution in [3.63, 3.8) is 0 Å². The highest BCUT2D eigenvalue weighted by molar-refractivity contribution is 8.00. The molecule has 0 aromatic heterocycles. The van der Waals surface area contributed by atoms with Crippen LogP contribution in [-0.4, -0.2) is 35.5 Å². The zero-order chi connectivity index (χ0) is 22.6. The van der Waals surface area contributed by atoms with Gasteiger partial charge < -0.3 is 0 Å². The third-order valence-corrected chi connectivity index (χ3v) is 6.42. The zero-order valence-electron chi connectivity index (χ0n) is 18.2. The van der Waals surface area contributed by atoms with E-state index in [1.54, 1.807) is 11.8 Å². The molecular formula is C27H22N4OS. The van der Waals surface area contributed by atoms with Crippen LogP contribution in [0.1, 0.15) is 11.1 Å². The number of aryl methyl sites for hydroxylation is 1. The molecule has 162 valence electrons. The maximum Gasteiger partial charge on any atom is 0.280 e. The minimum atomic E-state index is -0.150. The van der Waals surface area contributed by atoms with Crippen LogP contribution >= 0.6 is 11.8 Å². The van der Waals surface area contributed by atoms with E-state index in [2.05, 4.69) is 41.2 Å². The van der Waals surface area contributed by atoms with E-state index in [1.165, 1.54) is 10.6 Å². The van der Waals surface area contributed by atoms with Crippen LogP contribution in [0.15, 0.2) is 117 Å². The third-order valence-electron chi connectivity index (χ3n) is 5.39. The largest absolute Gasteiger partial charge is 0.280 e. The summed E-state index contributed by atoms with van der Waals surface area (Å²) in [6, 6.07) is 27.8. The number of hydrazone groups is 1. The molecule has 33 heavy (non-hydrogen) atoms. The number of carbonyl (C=O) groups excluding carboxylic acids is 1. The van der Waals surface area contributed by atoms with Gasteiger partial charge >= 0.3 is 0 Å². The lowest BCUT2D eigenvalue weighted by molar-refractivity contribution is -0.114. The number of rotatable bonds is 6. The quantitative estimate of drug-likeness (QED) is 0.377. The van der Waals surface area contributed by atoms with Crippen molar-refractivity contribution in [1.82, 2.24) is 0 Å². The number of aliphatic imine (C=N–C) groups is 2. The second-order valence-electron chi connectivity index (χ2n) is 7.72. The Morgan fingerprint density at radius 2 is 1.61 bits per heavy atom. The number of allylic oxidation sites excluding steroid dienone is 1. The molecule has 2 aliphatic heterocycles. The van der Waals surface area contributed by atoms with Crippen molar-refractivity contribution >= 4 is 40.5 Å². The molecule has 0 atom stereocenters. The smallest absolute Gasteiger partial charge is 0.267 e. The number of para-hydroxylation sites is 1. The van der Waals surface area contributed by atoms with Gasteiger partial charge in [0.05, 0.1) is 28.4 Å². The van der Waals surface area contributed by atoms with Gasteiger partial charge in [-0.1, -0.05) is 66.2 Å². The van der Waals surface area contributed by atoms with E-state index in [4.69, 9.17) is 5.10 Å². The summed E-state index contributed by atoms with van der Waals surface area (Å²) in [4.78, 5) is 23.7. The Balaban J connectivity index is 1.47. The number of amides is 1. The molecule has 1 amide bonds. The van der Waals surface area contributed by atoms with Crippen LogP contribution in [0.25, 0.3) is 0 Å². The molecule has 0 spiro atoms. The molecule has 0 aliphatic carbocycles. The summed E-state index contributed by atoms with van der Waals surface area (Å²) < 4.78 is 0. The third kappa shape index (κ3) is 4.56. The number of thioether (sulfide) groups is 1. The average molecular weight is 451 g/mol. The second kappa shape index (κ2) is 9.38. The summed E-state index contributed by atoms with van der Waals surface area (Å²) in [7, 11) is 0. The lowest BCUT2D eigenvalue weighted by Gasteiger charge is -2.11. The Morgan fingerprint density at radius 3 is 2.33 bits per heavy atom. The normalized spacial score (nSPS) is 16.8. The topological polar surface area (TPSA) is 57.4 Å². The fourth-order valence-corrected chi connectivity index (χ4v) is 4.51. The van der Waals surface area contributed by atoms with Gasteiger partial charge in [-0.05, 0) is 37.3 Å². The first-order valence-corrected chi connectivity index (χ1v) is 11.7. The van der Waals surface area contributed by atoms with Gasteiger partial charge in [0.25, 0.3) is 5.91 Å². The van der Waals surface area contributed by atoms with Crippen LogP contribution in [0.5, 0.6) is 0 Å². The van der Waals surface area contributed by atoms with Crippen molar-refractivity contribution in [1.29, 1.82) is 0 Å². The summed E-state index contributed by atoms with van der Waals surface area (Å²) in [6.45, 7) is 2.44. The number of benzene rings is 3. The molecule has 3 aromatic rings. The van der Waals surface area contributed by atoms with E-state index < -0.39 is 0 Å². The highest BCUT2D eigenvalue weighted by Crippen LogP contribution is 2.28. The Morgan fingerprint density at radius 1 is 0.909 bits per heavy atom. The van der Waals surface area contributed by atoms with E-state index in [1.807, 2.05) is 66.7 Å². The predicted molar refractivity (Wildman–Crippen MR) is 137 cm³/mol. The molecule has 0 saturated heterocycles. The molecule has 0 saturated carbocycles. The Kier molecular flexibility index (Phi) is 6.00. The highest BCUT2D eigenvalue weighted by Gasteiger charge is 2.32. The van der Waals surface area contributed by atoms with Crippen molar-refractivity contribution < 1.29 is 4.79 Å². The second-order valence-corrected chi connectivity index (χ2v) is 8.77. The molecule has 0 unspecified atom stereocenters. The minimum absolute atomic E-state index is 0.150. The van der Waals surface area contributed by atoms with E-state index in [-0.39, 0.29) is 5.91 Å². The minimum Gasteiger partial charge on any atom is -0.267 e. The molecule has 6 heteroatoms. The van der Waals surface area contributed by atoms with E-state index in [0.717, 1.165) is 27.6 Å². The summed E-state index contributed by atoms with van der Waals surface area (Å²) in [5.41, 5.74) is 5.76. The van der Waals surface area contributed by atoms with Crippen molar-refractivity contribution in [2.75, 3.05) is 17.4 Å². The summed E-state index contributed by atoms with van der Waals surface area (Å²) >= 11 is 1.66. The van der Waals surface area contributed by atoms with Gasteiger partial charge in [0.1, 0.15) is 6.67 Å². The van der Waals surface area contributed by atoms with Gasteiger partial charge in [0.2, 0.25) is 0 Å². The average Bonchev–Trinajstić information content (AvgIpc) is 3.45. The van der Waals surface area contributed by atoms with Gasteiger partial charge in [0.15, 0.2) is 0 Å². The monoisotopic (exact) mass is 450 g/mol. The molecule has 5 nitrogen and oxygen atoms in total. The standard InChI is InChI=1S/C27H22N4OS/c1-19-12-14-22(15-13-19)33-17-25-23(27(32)31(30-25)21-10-6-3-7-11-21)16-24-26(29-18-28-24)20-8-4-2-5-9-20/h2-16H,17-18H2,1H3/b23-16-. The summed E-state index contributed by atoms with van der Waals surface area (Å²) in [5, 5.41) is 6.19. The Bertz CT molecular complexity index is 1290. The van der Waals surface area contributed by atoms with Crippen LogP contribution in [0.3, 0.4) is 0 Å². The Hall–Kier alpha value is -3.77. The fourth-order valence-electron chi connectivity index (χ4n) is 3.66. The SMILES string of the molecule is Cc1ccc(SCC2=NN(c3ccccc3)C(=O)/C2=C\C2=NCN=C2c2ccccc2)cc1. The first-order valence-electron chi connectivity index (χ1n) is 10.7. The van der Waals surface area contributed by atoms with Gasteiger partial charge in [-0.2, -0.15) is 10.1 Å². The number of anilines is 1. The van der Waals surface area contributed by atoms with Crippen LogP contribution in [0.4, 0.5) is 5.69 Å². The number of carbonyl (C=O) groups is 1. The molecule has 2 heterocycles. The predicted octanol–water partition coefficient (Wildman–Crippen LogP) is 5.32. The van der Waals surface area contributed by atoms with Crippen LogP contribution in [0, 0.1) is 6.92 Å². The van der Waals surface area contributed by atoms with E-state index >= 15 is 0 Å². The Labute approximate surface area is 197 Å². The summed E-state index contributed by atoms with van der Waals surface area (Å²) in [6.07, 6.45) is 1.85. The van der Waals surface area contributed by atoms with Gasteiger partial charge in [0, 0.05) is 16.2 Å². The van der Waals surface area contributed by atoms with Crippen molar-refractivity contribution in [2.45, 2.75) is 11.8 Å². The van der Waals surface area contributed by atoms with E-state index in [9.17, 15) is 4.79 Å². The molecule has 0 N–H and O–H groups in total. The van der Waals surface area contributed by atoms with Crippen LogP contribution in [0.2, 0.25) is 0 Å². The first kappa shape index (κ1) is 21.1. The first-order chi connectivity index (χ1) is 16.2. The molecule has 3 aromatic carbocycles. The fraction of sp³-hybridized carbons (Fsp3) is 0.111. The molecule has 5 rings (SSSR count). The molecular weight excluding hydrogens is 428 g/mol. The summed E-state index contributed by atoms with van der Waals surface area (Å²) in [5.74, 6) is 0.428. The van der Waals surface area contributed by atoms with Crippen molar-refractivity contribution in [2.24, 2.45) is 15.1 Å². The lowest BCUT2D eigenvalue weighted by atomic mass is 10.0. The maximum atomic E-state index is 13.4. The molecule has 0 fully saturated rings. The molecule has 0 bridgehead atoms. The lowest BCUT2D eigenvalue weighted by Crippen LogP contribution is -2.23. The number of hydrogen-bond donors (Lipinski definition) is 0. The number of nitrogens with zero attached hydrogens (tertiary/aromatic N) is 4. The van der Waals surface area contributed by atoms with Gasteiger partial charge in [-0.25, -0.2) is 0 Å². The van der Waals surface area contributed by atoms with Crippen LogP contribution in [-0.2, 0) is 4.79 Å². The van der Waals surface area contributed by atoms with Crippen molar-refractivity contribution in [3.05, 3.63) is 108 Å². The van der Waals surface area contributed by atoms with Crippen LogP contribution < -0.4 is 5.01 Å². The van der Waals surface area contributed by atoms with Gasteiger partial charge in [-0.15, -0.1) is 11.8 Å². The molecule has 0 radical (unpaired) electrons. The van der Waals surface area contributed by atoms with Crippen molar-refractivity contribution in [3.8, 4) is 0 Å². The van der Waals surface area contributed by atoms with Gasteiger partial charge in [-0.3, -0.25) is 14.8 Å². The number of hydrogen-bond acceptors (Lipinski definition) is 5. The maximum absolute atomic E-state index is 13.4. The molecule has 2 aliphatic rings.